The molecule has 0 fully saturated rings. The summed E-state index contributed by atoms with van der Waals surface area (Å²) in [5, 5.41) is -1.01. The van der Waals surface area contributed by atoms with Crippen LogP contribution in [0.1, 0.15) is 17.3 Å². The van der Waals surface area contributed by atoms with Crippen molar-refractivity contribution >= 4 is 15.6 Å². The predicted molar refractivity (Wildman–Crippen MR) is 80.5 cm³/mol. The normalized spacial score (nSPS) is 12.9. The lowest BCUT2D eigenvalue weighted by atomic mass is 10.0. The van der Waals surface area contributed by atoms with E-state index in [9.17, 15) is 13.2 Å². The molecule has 0 aliphatic carbocycles. The minimum absolute atomic E-state index is 0.368. The van der Waals surface area contributed by atoms with Gasteiger partial charge in [0.1, 0.15) is 5.25 Å². The van der Waals surface area contributed by atoms with E-state index in [1.807, 2.05) is 42.5 Å². The predicted octanol–water partition coefficient (Wildman–Crippen LogP) is 2.97. The van der Waals surface area contributed by atoms with Gasteiger partial charge >= 0.3 is 0 Å². The molecule has 2 aromatic rings. The van der Waals surface area contributed by atoms with E-state index in [0.29, 0.717) is 5.56 Å². The van der Waals surface area contributed by atoms with E-state index in [4.69, 9.17) is 0 Å². The molecule has 0 spiro atoms. The smallest absolute Gasteiger partial charge is 0.180 e. The van der Waals surface area contributed by atoms with Gasteiger partial charge in [-0.25, -0.2) is 8.42 Å². The number of Topliss-reactive ketones (excluding diaryl/α,β-unsaturated/α-hetero) is 1. The first-order chi connectivity index (χ1) is 9.39. The van der Waals surface area contributed by atoms with Crippen LogP contribution in [0.3, 0.4) is 0 Å². The van der Waals surface area contributed by atoms with Crippen molar-refractivity contribution in [3.05, 3.63) is 60.2 Å². The van der Waals surface area contributed by atoms with Gasteiger partial charge in [-0.2, -0.15) is 0 Å². The fourth-order valence-electron chi connectivity index (χ4n) is 1.89. The van der Waals surface area contributed by atoms with Crippen LogP contribution < -0.4 is 0 Å². The third-order valence-corrected chi connectivity index (χ3v) is 4.79. The van der Waals surface area contributed by atoms with Gasteiger partial charge in [0.05, 0.1) is 0 Å². The van der Waals surface area contributed by atoms with Gasteiger partial charge in [0.25, 0.3) is 0 Å². The number of hydrogen-bond acceptors (Lipinski definition) is 3. The van der Waals surface area contributed by atoms with Gasteiger partial charge in [-0.15, -0.1) is 0 Å². The maximum Gasteiger partial charge on any atom is 0.180 e. The largest absolute Gasteiger partial charge is 0.293 e. The molecule has 0 aliphatic heterocycles. The van der Waals surface area contributed by atoms with Crippen molar-refractivity contribution in [3.8, 4) is 11.1 Å². The van der Waals surface area contributed by atoms with Crippen molar-refractivity contribution in [2.24, 2.45) is 0 Å². The van der Waals surface area contributed by atoms with Gasteiger partial charge < -0.3 is 0 Å². The number of carbonyl (C=O) groups is 1. The Balaban J connectivity index is 2.27. The van der Waals surface area contributed by atoms with E-state index in [0.717, 1.165) is 17.4 Å². The highest BCUT2D eigenvalue weighted by Gasteiger charge is 2.24. The average Bonchev–Trinajstić information content (AvgIpc) is 2.46. The molecule has 20 heavy (non-hydrogen) atoms. The molecule has 0 radical (unpaired) electrons. The van der Waals surface area contributed by atoms with Crippen LogP contribution in [0.2, 0.25) is 0 Å². The number of rotatable bonds is 4. The van der Waals surface area contributed by atoms with Crippen LogP contribution in [-0.4, -0.2) is 25.7 Å². The van der Waals surface area contributed by atoms with Crippen molar-refractivity contribution in [2.75, 3.05) is 6.26 Å². The van der Waals surface area contributed by atoms with Gasteiger partial charge in [-0.3, -0.25) is 4.79 Å². The molecule has 0 heterocycles. The van der Waals surface area contributed by atoms with Crippen molar-refractivity contribution < 1.29 is 13.2 Å². The van der Waals surface area contributed by atoms with Gasteiger partial charge in [-0.1, -0.05) is 54.6 Å². The highest BCUT2D eigenvalue weighted by molar-refractivity contribution is 7.92. The molecule has 0 N–H and O–H groups in total. The molecule has 0 bridgehead atoms. The molecule has 2 aromatic carbocycles. The highest BCUT2D eigenvalue weighted by atomic mass is 32.2. The van der Waals surface area contributed by atoms with Gasteiger partial charge in [0, 0.05) is 11.8 Å². The third kappa shape index (κ3) is 3.14. The summed E-state index contributed by atoms with van der Waals surface area (Å²) in [6, 6.07) is 16.8. The molecular formula is C16H16O3S. The Labute approximate surface area is 119 Å². The maximum atomic E-state index is 12.1. The Morgan fingerprint density at radius 2 is 1.40 bits per heavy atom. The van der Waals surface area contributed by atoms with Crippen LogP contribution >= 0.6 is 0 Å². The molecule has 0 aromatic heterocycles. The molecule has 2 rings (SSSR count). The van der Waals surface area contributed by atoms with Gasteiger partial charge in [0.15, 0.2) is 15.6 Å². The summed E-state index contributed by atoms with van der Waals surface area (Å²) in [6.45, 7) is 1.42. The first-order valence-corrected chi connectivity index (χ1v) is 8.23. The lowest BCUT2D eigenvalue weighted by Gasteiger charge is -2.09. The zero-order valence-corrected chi connectivity index (χ0v) is 12.2. The second-order valence-electron chi connectivity index (χ2n) is 4.78. The fraction of sp³-hybridized carbons (Fsp3) is 0.188. The van der Waals surface area contributed by atoms with E-state index in [2.05, 4.69) is 0 Å². The Morgan fingerprint density at radius 1 is 0.900 bits per heavy atom. The van der Waals surface area contributed by atoms with Crippen LogP contribution in [0, 0.1) is 0 Å². The zero-order chi connectivity index (χ0) is 14.8. The Bertz CT molecular complexity index is 701. The van der Waals surface area contributed by atoms with E-state index in [-0.39, 0.29) is 5.78 Å². The van der Waals surface area contributed by atoms with Gasteiger partial charge in [-0.05, 0) is 18.1 Å². The SMILES string of the molecule is C[C@H](C(=O)c1ccc(-c2ccccc2)cc1)S(C)(=O)=O. The molecule has 0 unspecified atom stereocenters. The standard InChI is InChI=1S/C16H16O3S/c1-12(20(2,18)19)16(17)15-10-8-14(9-11-15)13-6-4-3-5-7-13/h3-12H,1-2H3/t12-/m1/s1. The summed E-state index contributed by atoms with van der Waals surface area (Å²) in [6.07, 6.45) is 1.08. The number of hydrogen-bond donors (Lipinski definition) is 0. The summed E-state index contributed by atoms with van der Waals surface area (Å²) in [7, 11) is -3.36. The molecule has 0 aliphatic rings. The molecule has 0 amide bonds. The quantitative estimate of drug-likeness (QED) is 0.813. The molecule has 1 atom stereocenters. The maximum absolute atomic E-state index is 12.1. The van der Waals surface area contributed by atoms with Crippen LogP contribution in [0.25, 0.3) is 11.1 Å². The number of sulfone groups is 1. The van der Waals surface area contributed by atoms with Crippen molar-refractivity contribution in [3.63, 3.8) is 0 Å². The third-order valence-electron chi connectivity index (χ3n) is 3.29. The number of ketones is 1. The summed E-state index contributed by atoms with van der Waals surface area (Å²) in [5.74, 6) is -0.368. The molecular weight excluding hydrogens is 272 g/mol. The lowest BCUT2D eigenvalue weighted by Crippen LogP contribution is -2.26. The first kappa shape index (κ1) is 14.5. The van der Waals surface area contributed by atoms with Crippen LogP contribution in [0.15, 0.2) is 54.6 Å². The van der Waals surface area contributed by atoms with Crippen molar-refractivity contribution in [1.82, 2.24) is 0 Å². The average molecular weight is 288 g/mol. The molecule has 0 saturated heterocycles. The second kappa shape index (κ2) is 5.59. The Hall–Kier alpha value is -1.94. The van der Waals surface area contributed by atoms with Crippen molar-refractivity contribution in [1.29, 1.82) is 0 Å². The Kier molecular flexibility index (Phi) is 4.04. The molecule has 3 nitrogen and oxygen atoms in total. The van der Waals surface area contributed by atoms with E-state index >= 15 is 0 Å². The van der Waals surface area contributed by atoms with Crippen molar-refractivity contribution in [2.45, 2.75) is 12.2 Å². The monoisotopic (exact) mass is 288 g/mol. The molecule has 104 valence electrons. The summed E-state index contributed by atoms with van der Waals surface area (Å²) in [5.41, 5.74) is 2.47. The van der Waals surface area contributed by atoms with Crippen LogP contribution in [-0.2, 0) is 9.84 Å². The van der Waals surface area contributed by atoms with Crippen LogP contribution in [0.4, 0.5) is 0 Å². The fourth-order valence-corrected chi connectivity index (χ4v) is 2.41. The molecule has 0 saturated carbocycles. The van der Waals surface area contributed by atoms with E-state index < -0.39 is 15.1 Å². The Morgan fingerprint density at radius 3 is 1.90 bits per heavy atom. The zero-order valence-electron chi connectivity index (χ0n) is 11.4. The topological polar surface area (TPSA) is 51.2 Å². The van der Waals surface area contributed by atoms with Crippen LogP contribution in [0.5, 0.6) is 0 Å². The second-order valence-corrected chi connectivity index (χ2v) is 7.15. The minimum Gasteiger partial charge on any atom is -0.293 e. The number of benzene rings is 2. The summed E-state index contributed by atoms with van der Waals surface area (Å²) in [4.78, 5) is 12.1. The van der Waals surface area contributed by atoms with E-state index in [1.165, 1.54) is 6.92 Å². The first-order valence-electron chi connectivity index (χ1n) is 6.28. The number of carbonyl (C=O) groups excluding carboxylic acids is 1. The van der Waals surface area contributed by atoms with Gasteiger partial charge in [0.2, 0.25) is 0 Å². The lowest BCUT2D eigenvalue weighted by molar-refractivity contribution is 0.0991. The van der Waals surface area contributed by atoms with E-state index in [1.54, 1.807) is 12.1 Å². The minimum atomic E-state index is -3.36. The summed E-state index contributed by atoms with van der Waals surface area (Å²) < 4.78 is 22.8. The summed E-state index contributed by atoms with van der Waals surface area (Å²) >= 11 is 0. The molecule has 4 heteroatoms. The highest BCUT2D eigenvalue weighted by Crippen LogP contribution is 2.20.